The molecule has 142 valence electrons. The molecule has 2 aromatic carbocycles. The predicted octanol–water partition coefficient (Wildman–Crippen LogP) is 3.94. The summed E-state index contributed by atoms with van der Waals surface area (Å²) >= 11 is 5.97. The Hall–Kier alpha value is -2.53. The number of carbonyl (C=O) groups excluding carboxylic acids is 2. The van der Waals surface area contributed by atoms with Crippen LogP contribution in [0.1, 0.15) is 25.0 Å². The molecule has 1 aliphatic heterocycles. The highest BCUT2D eigenvalue weighted by atomic mass is 35.5. The van der Waals surface area contributed by atoms with Gasteiger partial charge in [-0.15, -0.1) is 0 Å². The van der Waals surface area contributed by atoms with Gasteiger partial charge in [0, 0.05) is 16.8 Å². The lowest BCUT2D eigenvalue weighted by Crippen LogP contribution is -2.43. The van der Waals surface area contributed by atoms with E-state index in [-0.39, 0.29) is 18.6 Å². The van der Waals surface area contributed by atoms with Crippen LogP contribution in [0.15, 0.2) is 42.5 Å². The van der Waals surface area contributed by atoms with Gasteiger partial charge in [-0.1, -0.05) is 29.8 Å². The van der Waals surface area contributed by atoms with E-state index in [0.717, 1.165) is 23.2 Å². The molecule has 0 saturated carbocycles. The third-order valence-electron chi connectivity index (χ3n) is 4.59. The highest BCUT2D eigenvalue weighted by Crippen LogP contribution is 2.32. The molecule has 1 aliphatic rings. The van der Waals surface area contributed by atoms with Crippen molar-refractivity contribution >= 4 is 29.2 Å². The van der Waals surface area contributed by atoms with E-state index in [9.17, 15) is 9.59 Å². The molecular weight excluding hydrogens is 366 g/mol. The molecule has 0 unspecified atom stereocenters. The molecule has 2 aromatic rings. The summed E-state index contributed by atoms with van der Waals surface area (Å²) in [5.74, 6) is -0.304. The third-order valence-corrected chi connectivity index (χ3v) is 5.01. The molecule has 0 spiro atoms. The van der Waals surface area contributed by atoms with Gasteiger partial charge in [-0.2, -0.15) is 0 Å². The summed E-state index contributed by atoms with van der Waals surface area (Å²) in [7, 11) is 0. The molecule has 1 amide bonds. The summed E-state index contributed by atoms with van der Waals surface area (Å²) in [4.78, 5) is 26.6. The van der Waals surface area contributed by atoms with E-state index in [4.69, 9.17) is 21.1 Å². The Balaban J connectivity index is 1.58. The maximum Gasteiger partial charge on any atom is 0.344 e. The number of fused-ring (bicyclic) bond motifs is 1. The van der Waals surface area contributed by atoms with Crippen molar-refractivity contribution in [3.63, 3.8) is 0 Å². The van der Waals surface area contributed by atoms with E-state index >= 15 is 0 Å². The largest absolute Gasteiger partial charge is 0.482 e. The fourth-order valence-corrected chi connectivity index (χ4v) is 3.35. The molecule has 0 radical (unpaired) electrons. The number of benzene rings is 2. The molecule has 0 fully saturated rings. The van der Waals surface area contributed by atoms with Gasteiger partial charge in [-0.05, 0) is 62.6 Å². The van der Waals surface area contributed by atoms with Crippen LogP contribution in [0.2, 0.25) is 5.02 Å². The number of ether oxygens (including phenoxy) is 2. The molecule has 2 atom stereocenters. The first-order valence-electron chi connectivity index (χ1n) is 8.86. The molecule has 27 heavy (non-hydrogen) atoms. The van der Waals surface area contributed by atoms with Gasteiger partial charge in [0.15, 0.2) is 12.7 Å². The lowest BCUT2D eigenvalue weighted by atomic mass is 10.1. The van der Waals surface area contributed by atoms with E-state index in [1.165, 1.54) is 0 Å². The van der Waals surface area contributed by atoms with Crippen molar-refractivity contribution in [1.82, 2.24) is 0 Å². The van der Waals surface area contributed by atoms with Gasteiger partial charge in [-0.3, -0.25) is 4.79 Å². The summed E-state index contributed by atoms with van der Waals surface area (Å²) < 4.78 is 10.7. The van der Waals surface area contributed by atoms with Gasteiger partial charge in [0.2, 0.25) is 0 Å². The van der Waals surface area contributed by atoms with Crippen molar-refractivity contribution in [2.45, 2.75) is 39.3 Å². The monoisotopic (exact) mass is 387 g/mol. The van der Waals surface area contributed by atoms with Crippen LogP contribution in [0.25, 0.3) is 0 Å². The quantitative estimate of drug-likeness (QED) is 0.729. The number of rotatable bonds is 5. The van der Waals surface area contributed by atoms with Crippen molar-refractivity contribution in [2.24, 2.45) is 0 Å². The van der Waals surface area contributed by atoms with Gasteiger partial charge in [0.1, 0.15) is 5.75 Å². The van der Waals surface area contributed by atoms with Gasteiger partial charge in [-0.25, -0.2) is 4.79 Å². The fraction of sp³-hybridized carbons (Fsp3) is 0.333. The zero-order valence-electron chi connectivity index (χ0n) is 15.6. The normalized spacial score (nSPS) is 16.6. The maximum atomic E-state index is 12.8. The first-order valence-corrected chi connectivity index (χ1v) is 9.24. The van der Waals surface area contributed by atoms with Gasteiger partial charge in [0.05, 0.1) is 0 Å². The number of anilines is 1. The second-order valence-corrected chi connectivity index (χ2v) is 7.13. The molecule has 0 N–H and O–H groups in total. The first-order chi connectivity index (χ1) is 12.9. The van der Waals surface area contributed by atoms with Crippen LogP contribution in [0.5, 0.6) is 5.75 Å². The van der Waals surface area contributed by atoms with Crippen LogP contribution in [0.4, 0.5) is 5.69 Å². The summed E-state index contributed by atoms with van der Waals surface area (Å²) in [6, 6.07) is 12.9. The number of para-hydroxylation sites is 1. The lowest BCUT2D eigenvalue weighted by molar-refractivity contribution is -0.155. The first kappa shape index (κ1) is 19.2. The number of esters is 1. The number of hydrogen-bond acceptors (Lipinski definition) is 4. The predicted molar refractivity (Wildman–Crippen MR) is 104 cm³/mol. The minimum absolute atomic E-state index is 0.0318. The number of halogens is 1. The topological polar surface area (TPSA) is 55.8 Å². The van der Waals surface area contributed by atoms with Crippen LogP contribution in [0.3, 0.4) is 0 Å². The Bertz CT molecular complexity index is 867. The van der Waals surface area contributed by atoms with Crippen molar-refractivity contribution in [3.05, 3.63) is 58.6 Å². The van der Waals surface area contributed by atoms with E-state index in [1.807, 2.05) is 38.1 Å². The van der Waals surface area contributed by atoms with Crippen molar-refractivity contribution in [3.8, 4) is 5.75 Å². The summed E-state index contributed by atoms with van der Waals surface area (Å²) in [6.45, 7) is 5.15. The fourth-order valence-electron chi connectivity index (χ4n) is 3.23. The van der Waals surface area contributed by atoms with Gasteiger partial charge < -0.3 is 14.4 Å². The second-order valence-electron chi connectivity index (χ2n) is 6.72. The average Bonchev–Trinajstić information content (AvgIpc) is 2.97. The summed E-state index contributed by atoms with van der Waals surface area (Å²) in [6.07, 6.45) is -0.0941. The number of nitrogens with zero attached hydrogens (tertiary/aromatic N) is 1. The Morgan fingerprint density at radius 1 is 1.26 bits per heavy atom. The Kier molecular flexibility index (Phi) is 5.71. The molecule has 6 heteroatoms. The number of amides is 1. The van der Waals surface area contributed by atoms with Crippen LogP contribution in [-0.4, -0.2) is 30.6 Å². The van der Waals surface area contributed by atoms with Crippen molar-refractivity contribution in [2.75, 3.05) is 11.5 Å². The highest BCUT2D eigenvalue weighted by Gasteiger charge is 2.34. The molecule has 0 aromatic heterocycles. The van der Waals surface area contributed by atoms with Crippen LogP contribution < -0.4 is 9.64 Å². The van der Waals surface area contributed by atoms with E-state index in [0.29, 0.717) is 10.8 Å². The van der Waals surface area contributed by atoms with E-state index in [2.05, 4.69) is 0 Å². The average molecular weight is 388 g/mol. The molecule has 5 nitrogen and oxygen atoms in total. The Morgan fingerprint density at radius 2 is 2.00 bits per heavy atom. The number of aryl methyl sites for hydroxylation is 1. The molecular formula is C21H22ClNO4. The second kappa shape index (κ2) is 8.01. The number of carbonyl (C=O) groups is 2. The maximum absolute atomic E-state index is 12.8. The molecule has 3 rings (SSSR count). The van der Waals surface area contributed by atoms with Crippen molar-refractivity contribution in [1.29, 1.82) is 0 Å². The lowest BCUT2D eigenvalue weighted by Gasteiger charge is -2.25. The zero-order chi connectivity index (χ0) is 19.6. The van der Waals surface area contributed by atoms with E-state index in [1.54, 1.807) is 30.0 Å². The number of hydrogen-bond donors (Lipinski definition) is 0. The minimum Gasteiger partial charge on any atom is -0.482 e. The highest BCUT2D eigenvalue weighted by molar-refractivity contribution is 6.31. The molecule has 0 saturated heterocycles. The van der Waals surface area contributed by atoms with E-state index < -0.39 is 12.1 Å². The SMILES string of the molecule is Cc1cc(OCC(=O)O[C@H](C)C(=O)N2c3ccccc3C[C@H]2C)ccc1Cl. The van der Waals surface area contributed by atoms with Crippen LogP contribution in [0, 0.1) is 6.92 Å². The third kappa shape index (κ3) is 4.25. The zero-order valence-corrected chi connectivity index (χ0v) is 16.3. The molecule has 1 heterocycles. The van der Waals surface area contributed by atoms with Gasteiger partial charge >= 0.3 is 5.97 Å². The minimum atomic E-state index is -0.887. The Morgan fingerprint density at radius 3 is 2.74 bits per heavy atom. The molecule has 0 bridgehead atoms. The molecule has 0 aliphatic carbocycles. The van der Waals surface area contributed by atoms with Crippen LogP contribution in [-0.2, 0) is 20.7 Å². The Labute approximate surface area is 163 Å². The standard InChI is InChI=1S/C21H22ClNO4/c1-13-10-17(8-9-18(13)22)26-12-20(24)27-15(3)21(25)23-14(2)11-16-6-4-5-7-19(16)23/h4-10,14-15H,11-12H2,1-3H3/t14-,15-/m1/s1. The van der Waals surface area contributed by atoms with Gasteiger partial charge in [0.25, 0.3) is 5.91 Å². The van der Waals surface area contributed by atoms with Crippen molar-refractivity contribution < 1.29 is 19.1 Å². The summed E-state index contributed by atoms with van der Waals surface area (Å²) in [5.41, 5.74) is 2.86. The smallest absolute Gasteiger partial charge is 0.344 e. The summed E-state index contributed by atoms with van der Waals surface area (Å²) in [5, 5.41) is 0.629. The van der Waals surface area contributed by atoms with Crippen LogP contribution >= 0.6 is 11.6 Å².